The maximum Gasteiger partial charge on any atom is 0.156 e. The van der Waals surface area contributed by atoms with Gasteiger partial charge in [-0.3, -0.25) is 0 Å². The SMILES string of the molecule is COc1ccc(N(C)c2nc3ccccn3c2CCl)cc1. The van der Waals surface area contributed by atoms with E-state index in [-0.39, 0.29) is 0 Å². The second kappa shape index (κ2) is 5.66. The Balaban J connectivity index is 2.05. The Labute approximate surface area is 128 Å². The van der Waals surface area contributed by atoms with Crippen LogP contribution in [0.25, 0.3) is 5.65 Å². The molecule has 0 bridgehead atoms. The second-order valence-electron chi connectivity index (χ2n) is 4.70. The molecular weight excluding hydrogens is 286 g/mol. The number of anilines is 2. The summed E-state index contributed by atoms with van der Waals surface area (Å²) >= 11 is 6.12. The van der Waals surface area contributed by atoms with Gasteiger partial charge in [-0.2, -0.15) is 0 Å². The second-order valence-corrected chi connectivity index (χ2v) is 4.97. The average Bonchev–Trinajstić information content (AvgIpc) is 2.92. The van der Waals surface area contributed by atoms with Crippen LogP contribution in [0.1, 0.15) is 5.69 Å². The first-order chi connectivity index (χ1) is 10.2. The van der Waals surface area contributed by atoms with Gasteiger partial charge in [0.15, 0.2) is 5.82 Å². The van der Waals surface area contributed by atoms with E-state index in [1.165, 1.54) is 0 Å². The van der Waals surface area contributed by atoms with Crippen LogP contribution in [0, 0.1) is 0 Å². The van der Waals surface area contributed by atoms with Crippen molar-refractivity contribution in [3.63, 3.8) is 0 Å². The molecule has 21 heavy (non-hydrogen) atoms. The standard InChI is InChI=1S/C16H16ClN3O/c1-19(12-6-8-13(21-2)9-7-12)16-14(11-17)20-10-4-3-5-15(20)18-16/h3-10H,11H2,1-2H3. The van der Waals surface area contributed by atoms with Crippen molar-refractivity contribution >= 4 is 28.8 Å². The zero-order chi connectivity index (χ0) is 14.8. The Morgan fingerprint density at radius 3 is 2.62 bits per heavy atom. The molecule has 0 fully saturated rings. The number of nitrogens with zero attached hydrogens (tertiary/aromatic N) is 3. The van der Waals surface area contributed by atoms with E-state index in [2.05, 4.69) is 4.98 Å². The molecule has 0 aliphatic rings. The van der Waals surface area contributed by atoms with Gasteiger partial charge in [0.2, 0.25) is 0 Å². The van der Waals surface area contributed by atoms with Crippen molar-refractivity contribution in [1.29, 1.82) is 0 Å². The molecule has 0 unspecified atom stereocenters. The molecule has 2 heterocycles. The van der Waals surface area contributed by atoms with Crippen LogP contribution in [0.4, 0.5) is 11.5 Å². The number of rotatable bonds is 4. The lowest BCUT2D eigenvalue weighted by Gasteiger charge is -2.18. The van der Waals surface area contributed by atoms with Gasteiger partial charge in [0, 0.05) is 18.9 Å². The molecule has 0 aliphatic heterocycles. The Morgan fingerprint density at radius 2 is 1.95 bits per heavy atom. The highest BCUT2D eigenvalue weighted by atomic mass is 35.5. The third-order valence-electron chi connectivity index (χ3n) is 3.51. The summed E-state index contributed by atoms with van der Waals surface area (Å²) in [5.74, 6) is 2.10. The van der Waals surface area contributed by atoms with Crippen molar-refractivity contribution in [2.75, 3.05) is 19.1 Å². The first-order valence-corrected chi connectivity index (χ1v) is 7.17. The molecule has 5 heteroatoms. The number of imidazole rings is 1. The number of hydrogen-bond donors (Lipinski definition) is 0. The van der Waals surface area contributed by atoms with Gasteiger partial charge in [0.25, 0.3) is 0 Å². The number of benzene rings is 1. The zero-order valence-electron chi connectivity index (χ0n) is 12.0. The predicted octanol–water partition coefficient (Wildman–Crippen LogP) is 3.85. The van der Waals surface area contributed by atoms with Gasteiger partial charge >= 0.3 is 0 Å². The molecule has 0 N–H and O–H groups in total. The minimum atomic E-state index is 0.404. The lowest BCUT2D eigenvalue weighted by molar-refractivity contribution is 0.415. The summed E-state index contributed by atoms with van der Waals surface area (Å²) in [4.78, 5) is 6.71. The van der Waals surface area contributed by atoms with Crippen molar-refractivity contribution < 1.29 is 4.74 Å². The number of ether oxygens (including phenoxy) is 1. The van der Waals surface area contributed by atoms with Crippen LogP contribution in [-0.4, -0.2) is 23.5 Å². The molecule has 3 aromatic rings. The fraction of sp³-hybridized carbons (Fsp3) is 0.188. The number of halogens is 1. The molecule has 0 saturated carbocycles. The molecule has 0 spiro atoms. The van der Waals surface area contributed by atoms with Crippen molar-refractivity contribution in [2.45, 2.75) is 5.88 Å². The fourth-order valence-corrected chi connectivity index (χ4v) is 2.60. The van der Waals surface area contributed by atoms with Gasteiger partial charge in [-0.25, -0.2) is 4.98 Å². The minimum absolute atomic E-state index is 0.404. The maximum atomic E-state index is 6.12. The highest BCUT2D eigenvalue weighted by Crippen LogP contribution is 2.29. The maximum absolute atomic E-state index is 6.12. The predicted molar refractivity (Wildman–Crippen MR) is 85.8 cm³/mol. The highest BCUT2D eigenvalue weighted by Gasteiger charge is 2.15. The molecule has 0 atom stereocenters. The number of aromatic nitrogens is 2. The number of methoxy groups -OCH3 is 1. The van der Waals surface area contributed by atoms with E-state index in [0.717, 1.165) is 28.6 Å². The summed E-state index contributed by atoms with van der Waals surface area (Å²) in [6.45, 7) is 0. The van der Waals surface area contributed by atoms with E-state index >= 15 is 0 Å². The fourth-order valence-electron chi connectivity index (χ4n) is 2.36. The first kappa shape index (κ1) is 13.8. The quantitative estimate of drug-likeness (QED) is 0.686. The average molecular weight is 302 g/mol. The highest BCUT2D eigenvalue weighted by molar-refractivity contribution is 6.17. The molecule has 3 rings (SSSR count). The van der Waals surface area contributed by atoms with E-state index in [1.807, 2.05) is 65.0 Å². The lowest BCUT2D eigenvalue weighted by Crippen LogP contribution is -2.11. The van der Waals surface area contributed by atoms with Gasteiger partial charge in [0.1, 0.15) is 11.4 Å². The van der Waals surface area contributed by atoms with Crippen LogP contribution in [0.15, 0.2) is 48.7 Å². The first-order valence-electron chi connectivity index (χ1n) is 6.64. The molecule has 0 amide bonds. The van der Waals surface area contributed by atoms with Crippen LogP contribution in [0.5, 0.6) is 5.75 Å². The van der Waals surface area contributed by atoms with Gasteiger partial charge in [0.05, 0.1) is 18.7 Å². The zero-order valence-corrected chi connectivity index (χ0v) is 12.7. The Bertz CT molecular complexity index is 752. The summed E-state index contributed by atoms with van der Waals surface area (Å²) < 4.78 is 7.20. The molecule has 108 valence electrons. The van der Waals surface area contributed by atoms with Gasteiger partial charge in [-0.05, 0) is 36.4 Å². The number of hydrogen-bond acceptors (Lipinski definition) is 3. The van der Waals surface area contributed by atoms with Crippen LogP contribution in [0.3, 0.4) is 0 Å². The Morgan fingerprint density at radius 1 is 1.19 bits per heavy atom. The largest absolute Gasteiger partial charge is 0.497 e. The summed E-state index contributed by atoms with van der Waals surface area (Å²) in [6.07, 6.45) is 1.98. The third-order valence-corrected chi connectivity index (χ3v) is 3.76. The van der Waals surface area contributed by atoms with Gasteiger partial charge in [-0.1, -0.05) is 6.07 Å². The summed E-state index contributed by atoms with van der Waals surface area (Å²) in [5, 5.41) is 0. The van der Waals surface area contributed by atoms with E-state index in [1.54, 1.807) is 7.11 Å². The summed E-state index contributed by atoms with van der Waals surface area (Å²) in [5.41, 5.74) is 2.90. The van der Waals surface area contributed by atoms with Crippen LogP contribution in [0.2, 0.25) is 0 Å². The van der Waals surface area contributed by atoms with Crippen LogP contribution in [-0.2, 0) is 5.88 Å². The van der Waals surface area contributed by atoms with E-state index in [0.29, 0.717) is 5.88 Å². The Hall–Kier alpha value is -2.20. The molecular formula is C16H16ClN3O. The van der Waals surface area contributed by atoms with Crippen LogP contribution < -0.4 is 9.64 Å². The van der Waals surface area contributed by atoms with Crippen molar-refractivity contribution in [2.24, 2.45) is 0 Å². The lowest BCUT2D eigenvalue weighted by atomic mass is 10.2. The normalized spacial score (nSPS) is 10.8. The topological polar surface area (TPSA) is 29.8 Å². The molecule has 0 aliphatic carbocycles. The molecule has 0 radical (unpaired) electrons. The van der Waals surface area contributed by atoms with Crippen LogP contribution >= 0.6 is 11.6 Å². The minimum Gasteiger partial charge on any atom is -0.497 e. The van der Waals surface area contributed by atoms with E-state index in [9.17, 15) is 0 Å². The Kier molecular flexibility index (Phi) is 3.71. The third kappa shape index (κ3) is 2.43. The van der Waals surface area contributed by atoms with Gasteiger partial charge in [-0.15, -0.1) is 11.6 Å². The summed E-state index contributed by atoms with van der Waals surface area (Å²) in [6, 6.07) is 13.8. The van der Waals surface area contributed by atoms with Crippen molar-refractivity contribution in [3.8, 4) is 5.75 Å². The van der Waals surface area contributed by atoms with E-state index in [4.69, 9.17) is 16.3 Å². The molecule has 4 nitrogen and oxygen atoms in total. The van der Waals surface area contributed by atoms with Crippen molar-refractivity contribution in [1.82, 2.24) is 9.38 Å². The monoisotopic (exact) mass is 301 g/mol. The summed E-state index contributed by atoms with van der Waals surface area (Å²) in [7, 11) is 3.64. The smallest absolute Gasteiger partial charge is 0.156 e. The number of alkyl halides is 1. The van der Waals surface area contributed by atoms with Gasteiger partial charge < -0.3 is 14.0 Å². The van der Waals surface area contributed by atoms with Crippen molar-refractivity contribution in [3.05, 3.63) is 54.4 Å². The number of pyridine rings is 1. The number of fused-ring (bicyclic) bond motifs is 1. The molecule has 2 aromatic heterocycles. The molecule has 0 saturated heterocycles. The van der Waals surface area contributed by atoms with E-state index < -0.39 is 0 Å². The molecule has 1 aromatic carbocycles.